The fourth-order valence-electron chi connectivity index (χ4n) is 1.83. The Morgan fingerprint density at radius 1 is 1.50 bits per heavy atom. The van der Waals surface area contributed by atoms with E-state index in [1.807, 2.05) is 29.9 Å². The molecule has 1 aromatic carbocycles. The van der Waals surface area contributed by atoms with E-state index in [1.165, 1.54) is 0 Å². The molecule has 0 amide bonds. The molecule has 0 aliphatic rings. The predicted octanol–water partition coefficient (Wildman–Crippen LogP) is 2.61. The van der Waals surface area contributed by atoms with E-state index in [0.717, 1.165) is 17.7 Å². The zero-order valence-electron chi connectivity index (χ0n) is 10.4. The van der Waals surface area contributed by atoms with Gasteiger partial charge in [-0.2, -0.15) is 5.10 Å². The molecule has 1 aromatic heterocycles. The van der Waals surface area contributed by atoms with E-state index in [9.17, 15) is 0 Å². The first kappa shape index (κ1) is 12.9. The SMILES string of the molecule is CCn1cc(C(N)c2ccc(Cl)cc2OC)cn1. The maximum absolute atomic E-state index is 6.23. The van der Waals surface area contributed by atoms with Crippen molar-refractivity contribution >= 4 is 11.6 Å². The lowest BCUT2D eigenvalue weighted by molar-refractivity contribution is 0.408. The Bertz CT molecular complexity index is 539. The molecule has 0 aliphatic heterocycles. The number of methoxy groups -OCH3 is 1. The molecule has 0 fully saturated rings. The fourth-order valence-corrected chi connectivity index (χ4v) is 2.00. The van der Waals surface area contributed by atoms with Gasteiger partial charge in [0.1, 0.15) is 5.75 Å². The van der Waals surface area contributed by atoms with Gasteiger partial charge in [-0.15, -0.1) is 0 Å². The van der Waals surface area contributed by atoms with Crippen LogP contribution in [0, 0.1) is 0 Å². The highest BCUT2D eigenvalue weighted by molar-refractivity contribution is 6.30. The van der Waals surface area contributed by atoms with Crippen molar-refractivity contribution < 1.29 is 4.74 Å². The van der Waals surface area contributed by atoms with E-state index >= 15 is 0 Å². The minimum atomic E-state index is -0.266. The number of halogens is 1. The van der Waals surface area contributed by atoms with Gasteiger partial charge < -0.3 is 10.5 Å². The van der Waals surface area contributed by atoms with Gasteiger partial charge in [0.25, 0.3) is 0 Å². The normalized spacial score (nSPS) is 12.4. The van der Waals surface area contributed by atoms with Crippen LogP contribution in [0.4, 0.5) is 0 Å². The zero-order valence-corrected chi connectivity index (χ0v) is 11.2. The van der Waals surface area contributed by atoms with Crippen LogP contribution in [0.5, 0.6) is 5.75 Å². The first-order valence-corrected chi connectivity index (χ1v) is 6.15. The number of benzene rings is 1. The highest BCUT2D eigenvalue weighted by Crippen LogP contribution is 2.30. The molecular formula is C13H16ClN3O. The van der Waals surface area contributed by atoms with Gasteiger partial charge in [0.2, 0.25) is 0 Å². The van der Waals surface area contributed by atoms with Crippen LogP contribution in [0.3, 0.4) is 0 Å². The van der Waals surface area contributed by atoms with Gasteiger partial charge in [-0.1, -0.05) is 17.7 Å². The smallest absolute Gasteiger partial charge is 0.125 e. The largest absolute Gasteiger partial charge is 0.496 e. The Morgan fingerprint density at radius 3 is 2.89 bits per heavy atom. The Balaban J connectivity index is 2.35. The Morgan fingerprint density at radius 2 is 2.28 bits per heavy atom. The molecule has 1 atom stereocenters. The topological polar surface area (TPSA) is 53.1 Å². The van der Waals surface area contributed by atoms with Crippen LogP contribution in [-0.4, -0.2) is 16.9 Å². The van der Waals surface area contributed by atoms with Crippen molar-refractivity contribution in [1.29, 1.82) is 0 Å². The molecule has 0 bridgehead atoms. The molecule has 0 aliphatic carbocycles. The summed E-state index contributed by atoms with van der Waals surface area (Å²) >= 11 is 5.94. The minimum Gasteiger partial charge on any atom is -0.496 e. The second-order valence-corrected chi connectivity index (χ2v) is 4.43. The monoisotopic (exact) mass is 265 g/mol. The molecule has 0 saturated carbocycles. The van der Waals surface area contributed by atoms with Gasteiger partial charge in [-0.25, -0.2) is 0 Å². The van der Waals surface area contributed by atoms with E-state index < -0.39 is 0 Å². The lowest BCUT2D eigenvalue weighted by Crippen LogP contribution is -2.12. The third kappa shape index (κ3) is 2.49. The van der Waals surface area contributed by atoms with Crippen LogP contribution in [0.25, 0.3) is 0 Å². The second kappa shape index (κ2) is 5.42. The number of aromatic nitrogens is 2. The molecule has 18 heavy (non-hydrogen) atoms. The molecule has 0 saturated heterocycles. The third-order valence-corrected chi connectivity index (χ3v) is 3.10. The molecule has 96 valence electrons. The van der Waals surface area contributed by atoms with Crippen LogP contribution in [0.15, 0.2) is 30.6 Å². The van der Waals surface area contributed by atoms with Crippen molar-refractivity contribution in [1.82, 2.24) is 9.78 Å². The van der Waals surface area contributed by atoms with Gasteiger partial charge in [0, 0.05) is 28.9 Å². The van der Waals surface area contributed by atoms with Crippen LogP contribution < -0.4 is 10.5 Å². The van der Waals surface area contributed by atoms with E-state index in [-0.39, 0.29) is 6.04 Å². The summed E-state index contributed by atoms with van der Waals surface area (Å²) in [5.41, 5.74) is 8.09. The van der Waals surface area contributed by atoms with Crippen LogP contribution in [0.2, 0.25) is 5.02 Å². The fraction of sp³-hybridized carbons (Fsp3) is 0.308. The highest BCUT2D eigenvalue weighted by atomic mass is 35.5. The van der Waals surface area contributed by atoms with E-state index in [0.29, 0.717) is 10.8 Å². The summed E-state index contributed by atoms with van der Waals surface area (Å²) in [6, 6.07) is 5.19. The molecule has 0 spiro atoms. The lowest BCUT2D eigenvalue weighted by Gasteiger charge is -2.14. The van der Waals surface area contributed by atoms with Crippen molar-refractivity contribution in [2.75, 3.05) is 7.11 Å². The van der Waals surface area contributed by atoms with Crippen LogP contribution >= 0.6 is 11.6 Å². The van der Waals surface area contributed by atoms with Crippen LogP contribution in [-0.2, 0) is 6.54 Å². The molecule has 5 heteroatoms. The quantitative estimate of drug-likeness (QED) is 0.925. The van der Waals surface area contributed by atoms with E-state index in [1.54, 1.807) is 19.4 Å². The Kier molecular flexibility index (Phi) is 3.89. The summed E-state index contributed by atoms with van der Waals surface area (Å²) in [6.45, 7) is 2.86. The molecule has 2 rings (SSSR count). The molecule has 2 aromatic rings. The maximum atomic E-state index is 6.23. The number of nitrogens with zero attached hydrogens (tertiary/aromatic N) is 2. The van der Waals surface area contributed by atoms with Gasteiger partial charge in [0.05, 0.1) is 19.3 Å². The number of hydrogen-bond acceptors (Lipinski definition) is 3. The average Bonchev–Trinajstić information content (AvgIpc) is 2.86. The molecule has 0 radical (unpaired) electrons. The standard InChI is InChI=1S/C13H16ClN3O/c1-3-17-8-9(7-16-17)13(15)11-5-4-10(14)6-12(11)18-2/h4-8,13H,3,15H2,1-2H3. The van der Waals surface area contributed by atoms with Crippen molar-refractivity contribution in [2.45, 2.75) is 19.5 Å². The van der Waals surface area contributed by atoms with E-state index in [4.69, 9.17) is 22.1 Å². The first-order valence-electron chi connectivity index (χ1n) is 5.77. The molecule has 1 unspecified atom stereocenters. The van der Waals surface area contributed by atoms with Gasteiger partial charge in [-0.05, 0) is 19.1 Å². The lowest BCUT2D eigenvalue weighted by atomic mass is 10.0. The summed E-state index contributed by atoms with van der Waals surface area (Å²) in [5, 5.41) is 4.86. The molecule has 2 N–H and O–H groups in total. The van der Waals surface area contributed by atoms with Crippen molar-refractivity contribution in [3.63, 3.8) is 0 Å². The number of nitrogens with two attached hydrogens (primary N) is 1. The molecular weight excluding hydrogens is 250 g/mol. The minimum absolute atomic E-state index is 0.266. The first-order chi connectivity index (χ1) is 8.65. The summed E-state index contributed by atoms with van der Waals surface area (Å²) in [6.07, 6.45) is 3.72. The summed E-state index contributed by atoms with van der Waals surface area (Å²) in [5.74, 6) is 0.694. The Labute approximate surface area is 111 Å². The second-order valence-electron chi connectivity index (χ2n) is 3.99. The molecule has 1 heterocycles. The number of ether oxygens (including phenoxy) is 1. The van der Waals surface area contributed by atoms with Gasteiger partial charge in [0.15, 0.2) is 0 Å². The molecule has 4 nitrogen and oxygen atoms in total. The van der Waals surface area contributed by atoms with Crippen LogP contribution in [0.1, 0.15) is 24.1 Å². The maximum Gasteiger partial charge on any atom is 0.125 e. The van der Waals surface area contributed by atoms with E-state index in [2.05, 4.69) is 5.10 Å². The zero-order chi connectivity index (χ0) is 13.1. The third-order valence-electron chi connectivity index (χ3n) is 2.87. The van der Waals surface area contributed by atoms with Crippen molar-refractivity contribution in [3.05, 3.63) is 46.7 Å². The highest BCUT2D eigenvalue weighted by Gasteiger charge is 2.15. The number of rotatable bonds is 4. The number of aryl methyl sites for hydroxylation is 1. The summed E-state index contributed by atoms with van der Waals surface area (Å²) < 4.78 is 7.16. The number of hydrogen-bond donors (Lipinski definition) is 1. The van der Waals surface area contributed by atoms with Crippen molar-refractivity contribution in [3.8, 4) is 5.75 Å². The van der Waals surface area contributed by atoms with Crippen molar-refractivity contribution in [2.24, 2.45) is 5.73 Å². The predicted molar refractivity (Wildman–Crippen MR) is 71.9 cm³/mol. The summed E-state index contributed by atoms with van der Waals surface area (Å²) in [7, 11) is 1.61. The Hall–Kier alpha value is -1.52. The van der Waals surface area contributed by atoms with Gasteiger partial charge in [-0.3, -0.25) is 4.68 Å². The van der Waals surface area contributed by atoms with Gasteiger partial charge >= 0.3 is 0 Å². The average molecular weight is 266 g/mol. The summed E-state index contributed by atoms with van der Waals surface area (Å²) in [4.78, 5) is 0.